The van der Waals surface area contributed by atoms with Crippen molar-refractivity contribution in [1.82, 2.24) is 9.71 Å². The molecule has 17 heavy (non-hydrogen) atoms. The second kappa shape index (κ2) is 4.41. The maximum Gasteiger partial charge on any atom is 0.258 e. The van der Waals surface area contributed by atoms with Crippen LogP contribution in [0.1, 0.15) is 18.4 Å². The number of sulfonamides is 1. The predicted molar refractivity (Wildman–Crippen MR) is 60.3 cm³/mol. The van der Waals surface area contributed by atoms with Crippen LogP contribution in [0.3, 0.4) is 0 Å². The number of hydrogen-bond donors (Lipinski definition) is 2. The van der Waals surface area contributed by atoms with E-state index in [0.29, 0.717) is 12.8 Å². The van der Waals surface area contributed by atoms with E-state index in [4.69, 9.17) is 11.0 Å². The van der Waals surface area contributed by atoms with Crippen molar-refractivity contribution in [3.8, 4) is 6.07 Å². The molecule has 0 spiro atoms. The molecule has 0 atom stereocenters. The van der Waals surface area contributed by atoms with E-state index >= 15 is 0 Å². The maximum atomic E-state index is 11.9. The molecule has 1 fully saturated rings. The zero-order valence-corrected chi connectivity index (χ0v) is 9.81. The van der Waals surface area contributed by atoms with Gasteiger partial charge in [-0.2, -0.15) is 5.26 Å². The number of rotatable bonds is 3. The first-order valence-corrected chi connectivity index (χ1v) is 6.63. The molecule has 90 valence electrons. The van der Waals surface area contributed by atoms with Gasteiger partial charge in [0, 0.05) is 18.3 Å². The molecule has 0 aromatic carbocycles. The zero-order valence-electron chi connectivity index (χ0n) is 9.00. The van der Waals surface area contributed by atoms with Crippen LogP contribution in [0.15, 0.2) is 23.4 Å². The van der Waals surface area contributed by atoms with E-state index in [1.54, 1.807) is 0 Å². The predicted octanol–water partition coefficient (Wildman–Crippen LogP) is -0.279. The van der Waals surface area contributed by atoms with Crippen LogP contribution in [0.25, 0.3) is 0 Å². The van der Waals surface area contributed by atoms with Crippen LogP contribution in [-0.2, 0) is 10.0 Å². The van der Waals surface area contributed by atoms with E-state index in [0.717, 1.165) is 0 Å². The lowest BCUT2D eigenvalue weighted by atomic mass is 9.89. The molecule has 1 saturated carbocycles. The highest BCUT2D eigenvalue weighted by molar-refractivity contribution is 7.89. The summed E-state index contributed by atoms with van der Waals surface area (Å²) in [7, 11) is -3.64. The molecule has 2 rings (SSSR count). The summed E-state index contributed by atoms with van der Waals surface area (Å²) >= 11 is 0. The van der Waals surface area contributed by atoms with Gasteiger partial charge < -0.3 is 5.73 Å². The Morgan fingerprint density at radius 1 is 1.53 bits per heavy atom. The van der Waals surface area contributed by atoms with Crippen LogP contribution in [0, 0.1) is 11.3 Å². The lowest BCUT2D eigenvalue weighted by Gasteiger charge is -2.32. The van der Waals surface area contributed by atoms with Crippen LogP contribution in [0.5, 0.6) is 0 Å². The molecule has 1 heterocycles. The Hall–Kier alpha value is -1.49. The average molecular weight is 252 g/mol. The van der Waals surface area contributed by atoms with Crippen molar-refractivity contribution in [3.63, 3.8) is 0 Å². The highest BCUT2D eigenvalue weighted by Gasteiger charge is 2.30. The largest absolute Gasteiger partial charge is 0.328 e. The highest BCUT2D eigenvalue weighted by atomic mass is 32.2. The molecule has 6 nitrogen and oxygen atoms in total. The SMILES string of the molecule is N#Cc1ccnc(S(=O)(=O)NC2CC(N)C2)c1. The Morgan fingerprint density at radius 2 is 2.24 bits per heavy atom. The number of aromatic nitrogens is 1. The molecule has 1 aliphatic carbocycles. The molecular weight excluding hydrogens is 240 g/mol. The maximum absolute atomic E-state index is 11.9. The zero-order chi connectivity index (χ0) is 12.5. The van der Waals surface area contributed by atoms with Crippen molar-refractivity contribution in [1.29, 1.82) is 5.26 Å². The number of nitriles is 1. The second-order valence-corrected chi connectivity index (χ2v) is 5.71. The third-order valence-electron chi connectivity index (χ3n) is 2.64. The van der Waals surface area contributed by atoms with E-state index in [1.165, 1.54) is 18.3 Å². The lowest BCUT2D eigenvalue weighted by Crippen LogP contribution is -2.50. The number of pyridine rings is 1. The fourth-order valence-electron chi connectivity index (χ4n) is 1.66. The molecular formula is C10H12N4O2S. The van der Waals surface area contributed by atoms with Crippen molar-refractivity contribution >= 4 is 10.0 Å². The molecule has 0 amide bonds. The number of nitrogens with one attached hydrogen (secondary N) is 1. The molecule has 3 N–H and O–H groups in total. The topological polar surface area (TPSA) is 109 Å². The van der Waals surface area contributed by atoms with Gasteiger partial charge in [0.1, 0.15) is 0 Å². The minimum atomic E-state index is -3.64. The van der Waals surface area contributed by atoms with Crippen LogP contribution in [0.2, 0.25) is 0 Å². The third kappa shape index (κ3) is 2.61. The molecule has 0 saturated heterocycles. The van der Waals surface area contributed by atoms with E-state index in [2.05, 4.69) is 9.71 Å². The van der Waals surface area contributed by atoms with Gasteiger partial charge in [0.2, 0.25) is 0 Å². The minimum Gasteiger partial charge on any atom is -0.328 e. The van der Waals surface area contributed by atoms with Crippen molar-refractivity contribution in [2.75, 3.05) is 0 Å². The van der Waals surface area contributed by atoms with E-state index < -0.39 is 10.0 Å². The number of hydrogen-bond acceptors (Lipinski definition) is 5. The summed E-state index contributed by atoms with van der Waals surface area (Å²) in [5.74, 6) is 0. The molecule has 1 aromatic heterocycles. The van der Waals surface area contributed by atoms with Crippen molar-refractivity contribution in [3.05, 3.63) is 23.9 Å². The second-order valence-electron chi connectivity index (χ2n) is 4.04. The van der Waals surface area contributed by atoms with Gasteiger partial charge in [0.25, 0.3) is 10.0 Å². The summed E-state index contributed by atoms with van der Waals surface area (Å²) in [6.07, 6.45) is 2.58. The molecule has 0 radical (unpaired) electrons. The Bertz CT molecular complexity index is 558. The van der Waals surface area contributed by atoms with Crippen molar-refractivity contribution in [2.24, 2.45) is 5.73 Å². The number of nitrogens with zero attached hydrogens (tertiary/aromatic N) is 2. The van der Waals surface area contributed by atoms with Crippen LogP contribution >= 0.6 is 0 Å². The Kier molecular flexibility index (Phi) is 3.11. The fraction of sp³-hybridized carbons (Fsp3) is 0.400. The summed E-state index contributed by atoms with van der Waals surface area (Å²) in [6.45, 7) is 0. The average Bonchev–Trinajstić information content (AvgIpc) is 2.27. The van der Waals surface area contributed by atoms with E-state index in [9.17, 15) is 8.42 Å². The smallest absolute Gasteiger partial charge is 0.258 e. The minimum absolute atomic E-state index is 0.0705. The van der Waals surface area contributed by atoms with Gasteiger partial charge in [-0.05, 0) is 25.0 Å². The summed E-state index contributed by atoms with van der Waals surface area (Å²) in [5.41, 5.74) is 5.85. The molecule has 1 aromatic rings. The van der Waals surface area contributed by atoms with Gasteiger partial charge in [-0.1, -0.05) is 0 Å². The first-order valence-electron chi connectivity index (χ1n) is 5.15. The van der Waals surface area contributed by atoms with Crippen LogP contribution in [0.4, 0.5) is 0 Å². The van der Waals surface area contributed by atoms with Gasteiger partial charge in [0.15, 0.2) is 5.03 Å². The van der Waals surface area contributed by atoms with Crippen LogP contribution < -0.4 is 10.5 Å². The van der Waals surface area contributed by atoms with E-state index in [1.807, 2.05) is 6.07 Å². The fourth-order valence-corrected chi connectivity index (χ4v) is 2.90. The molecule has 7 heteroatoms. The highest BCUT2D eigenvalue weighted by Crippen LogP contribution is 2.20. The first kappa shape index (κ1) is 12.0. The summed E-state index contributed by atoms with van der Waals surface area (Å²) in [5, 5.41) is 8.56. The molecule has 0 unspecified atom stereocenters. The molecule has 0 bridgehead atoms. The summed E-state index contributed by atoms with van der Waals surface area (Å²) < 4.78 is 26.3. The van der Waals surface area contributed by atoms with Gasteiger partial charge in [-0.15, -0.1) is 0 Å². The summed E-state index contributed by atoms with van der Waals surface area (Å²) in [6, 6.07) is 4.53. The van der Waals surface area contributed by atoms with Crippen molar-refractivity contribution < 1.29 is 8.42 Å². The Balaban J connectivity index is 2.17. The molecule has 1 aliphatic rings. The normalized spacial score (nSPS) is 23.8. The Morgan fingerprint density at radius 3 is 2.82 bits per heavy atom. The third-order valence-corrected chi connectivity index (χ3v) is 4.05. The summed E-state index contributed by atoms with van der Waals surface area (Å²) in [4.78, 5) is 3.76. The van der Waals surface area contributed by atoms with Gasteiger partial charge in [-0.25, -0.2) is 18.1 Å². The van der Waals surface area contributed by atoms with E-state index in [-0.39, 0.29) is 22.7 Å². The van der Waals surface area contributed by atoms with Crippen LogP contribution in [-0.4, -0.2) is 25.5 Å². The van der Waals surface area contributed by atoms with Gasteiger partial charge in [0.05, 0.1) is 11.6 Å². The van der Waals surface area contributed by atoms with Gasteiger partial charge >= 0.3 is 0 Å². The molecule has 0 aliphatic heterocycles. The monoisotopic (exact) mass is 252 g/mol. The number of nitrogens with two attached hydrogens (primary N) is 1. The van der Waals surface area contributed by atoms with Gasteiger partial charge in [-0.3, -0.25) is 0 Å². The Labute approximate surface area is 99.5 Å². The quantitative estimate of drug-likeness (QED) is 0.769. The first-order chi connectivity index (χ1) is 8.01. The van der Waals surface area contributed by atoms with Crippen molar-refractivity contribution in [2.45, 2.75) is 30.0 Å². The standard InChI is InChI=1S/C10H12N4O2S/c11-6-7-1-2-13-10(3-7)17(15,16)14-9-4-8(12)5-9/h1-3,8-9,14H,4-5,12H2. The lowest BCUT2D eigenvalue weighted by molar-refractivity contribution is 0.326.